The molecule has 1 unspecified atom stereocenters. The van der Waals surface area contributed by atoms with E-state index >= 15 is 0 Å². The molecule has 3 rings (SSSR count). The summed E-state index contributed by atoms with van der Waals surface area (Å²) in [5, 5.41) is 7.77. The number of nitrogens with zero attached hydrogens (tertiary/aromatic N) is 3. The normalized spacial score (nSPS) is 26.8. The molecule has 0 amide bonds. The van der Waals surface area contributed by atoms with Crippen molar-refractivity contribution in [1.29, 1.82) is 0 Å². The average Bonchev–Trinajstić information content (AvgIpc) is 3.09. The fourth-order valence-corrected chi connectivity index (χ4v) is 3.56. The smallest absolute Gasteiger partial charge is 0.0536 e. The number of rotatable bonds is 4. The molecule has 2 aliphatic rings. The maximum Gasteiger partial charge on any atom is 0.0536 e. The monoisotopic (exact) mass is 248 g/mol. The van der Waals surface area contributed by atoms with E-state index in [0.29, 0.717) is 0 Å². The van der Waals surface area contributed by atoms with E-state index in [1.807, 2.05) is 12.3 Å². The van der Waals surface area contributed by atoms with E-state index < -0.39 is 0 Å². The first-order valence-electron chi connectivity index (χ1n) is 7.36. The molecule has 0 bridgehead atoms. The zero-order chi connectivity index (χ0) is 12.2. The molecule has 2 aliphatic heterocycles. The van der Waals surface area contributed by atoms with Crippen molar-refractivity contribution in [3.8, 4) is 0 Å². The molecule has 0 radical (unpaired) electrons. The number of piperidine rings is 1. The van der Waals surface area contributed by atoms with Crippen LogP contribution in [0.15, 0.2) is 18.5 Å². The highest BCUT2D eigenvalue weighted by Gasteiger charge is 2.31. The van der Waals surface area contributed by atoms with Gasteiger partial charge in [0.25, 0.3) is 0 Å². The van der Waals surface area contributed by atoms with Crippen LogP contribution in [-0.2, 0) is 6.54 Å². The second-order valence-corrected chi connectivity index (χ2v) is 5.60. The van der Waals surface area contributed by atoms with Gasteiger partial charge in [0, 0.05) is 25.0 Å². The molecular formula is C14H24N4. The zero-order valence-corrected chi connectivity index (χ0v) is 11.1. The second kappa shape index (κ2) is 5.85. The Kier molecular flexibility index (Phi) is 3.96. The minimum absolute atomic E-state index is 0.836. The van der Waals surface area contributed by atoms with Crippen LogP contribution in [0, 0.1) is 5.92 Å². The predicted molar refractivity (Wildman–Crippen MR) is 72.4 cm³/mol. The lowest BCUT2D eigenvalue weighted by Crippen LogP contribution is -2.42. The van der Waals surface area contributed by atoms with Crippen LogP contribution in [0.2, 0.25) is 0 Å². The lowest BCUT2D eigenvalue weighted by Gasteiger charge is -2.34. The van der Waals surface area contributed by atoms with Crippen LogP contribution in [0.4, 0.5) is 0 Å². The maximum absolute atomic E-state index is 4.29. The first-order chi connectivity index (χ1) is 8.93. The Morgan fingerprint density at radius 2 is 2.06 bits per heavy atom. The van der Waals surface area contributed by atoms with Gasteiger partial charge in [0.15, 0.2) is 0 Å². The molecule has 2 saturated heterocycles. The maximum atomic E-state index is 4.29. The Morgan fingerprint density at radius 1 is 1.17 bits per heavy atom. The highest BCUT2D eigenvalue weighted by Crippen LogP contribution is 2.29. The summed E-state index contributed by atoms with van der Waals surface area (Å²) in [5.74, 6) is 0.923. The minimum Gasteiger partial charge on any atom is -0.317 e. The first kappa shape index (κ1) is 12.2. The molecule has 1 aromatic heterocycles. The Hall–Kier alpha value is -0.870. The summed E-state index contributed by atoms with van der Waals surface area (Å²) in [6, 6.07) is 2.84. The van der Waals surface area contributed by atoms with Gasteiger partial charge in [-0.25, -0.2) is 0 Å². The van der Waals surface area contributed by atoms with Crippen molar-refractivity contribution in [2.45, 2.75) is 38.3 Å². The Balaban J connectivity index is 1.53. The van der Waals surface area contributed by atoms with Gasteiger partial charge >= 0.3 is 0 Å². The van der Waals surface area contributed by atoms with Gasteiger partial charge in [-0.3, -0.25) is 9.58 Å². The van der Waals surface area contributed by atoms with Crippen molar-refractivity contribution in [2.75, 3.05) is 26.2 Å². The lowest BCUT2D eigenvalue weighted by atomic mass is 9.89. The first-order valence-corrected chi connectivity index (χ1v) is 7.36. The van der Waals surface area contributed by atoms with Crippen LogP contribution >= 0.6 is 0 Å². The van der Waals surface area contributed by atoms with Gasteiger partial charge in [-0.2, -0.15) is 5.10 Å². The van der Waals surface area contributed by atoms with E-state index in [9.17, 15) is 0 Å². The number of hydrogen-bond donors (Lipinski definition) is 1. The molecule has 1 aromatic rings. The predicted octanol–water partition coefficient (Wildman–Crippen LogP) is 1.35. The molecule has 0 aliphatic carbocycles. The van der Waals surface area contributed by atoms with Crippen LogP contribution in [0.5, 0.6) is 0 Å². The highest BCUT2D eigenvalue weighted by atomic mass is 15.3. The summed E-state index contributed by atoms with van der Waals surface area (Å²) >= 11 is 0. The third-order valence-corrected chi connectivity index (χ3v) is 4.52. The Morgan fingerprint density at radius 3 is 2.83 bits per heavy atom. The minimum atomic E-state index is 0.836. The Bertz CT molecular complexity index is 343. The fraction of sp³-hybridized carbons (Fsp3) is 0.786. The van der Waals surface area contributed by atoms with Crippen molar-refractivity contribution < 1.29 is 0 Å². The van der Waals surface area contributed by atoms with Gasteiger partial charge < -0.3 is 5.32 Å². The van der Waals surface area contributed by atoms with Gasteiger partial charge in [-0.15, -0.1) is 0 Å². The quantitative estimate of drug-likeness (QED) is 0.873. The molecule has 0 aromatic carbocycles. The molecule has 1 N–H and O–H groups in total. The van der Waals surface area contributed by atoms with Crippen LogP contribution in [0.25, 0.3) is 0 Å². The van der Waals surface area contributed by atoms with E-state index in [1.54, 1.807) is 0 Å². The van der Waals surface area contributed by atoms with Crippen molar-refractivity contribution in [3.05, 3.63) is 18.5 Å². The Labute approximate surface area is 109 Å². The van der Waals surface area contributed by atoms with Crippen molar-refractivity contribution in [2.24, 2.45) is 5.92 Å². The topological polar surface area (TPSA) is 33.1 Å². The van der Waals surface area contributed by atoms with Crippen LogP contribution in [0.3, 0.4) is 0 Å². The summed E-state index contributed by atoms with van der Waals surface area (Å²) in [6.45, 7) is 5.92. The zero-order valence-electron chi connectivity index (χ0n) is 11.1. The summed E-state index contributed by atoms with van der Waals surface area (Å²) in [7, 11) is 0. The molecular weight excluding hydrogens is 224 g/mol. The van der Waals surface area contributed by atoms with Gasteiger partial charge in [0.2, 0.25) is 0 Å². The van der Waals surface area contributed by atoms with E-state index in [0.717, 1.165) is 25.0 Å². The molecule has 0 saturated carbocycles. The van der Waals surface area contributed by atoms with Crippen LogP contribution in [-0.4, -0.2) is 46.9 Å². The van der Waals surface area contributed by atoms with E-state index in [4.69, 9.17) is 0 Å². The standard InChI is InChI=1S/C14H24N4/c1-3-14(13-4-7-15-8-5-13)17(9-1)11-12-18-10-2-6-16-18/h2,6,10,13-15H,1,3-5,7-9,11-12H2. The third-order valence-electron chi connectivity index (χ3n) is 4.52. The number of likely N-dealkylation sites (tertiary alicyclic amines) is 1. The second-order valence-electron chi connectivity index (χ2n) is 5.60. The lowest BCUT2D eigenvalue weighted by molar-refractivity contribution is 0.156. The molecule has 2 fully saturated rings. The number of hydrogen-bond acceptors (Lipinski definition) is 3. The van der Waals surface area contributed by atoms with E-state index in [2.05, 4.69) is 26.2 Å². The molecule has 1 atom stereocenters. The van der Waals surface area contributed by atoms with Crippen molar-refractivity contribution >= 4 is 0 Å². The van der Waals surface area contributed by atoms with E-state index in [-0.39, 0.29) is 0 Å². The third kappa shape index (κ3) is 2.75. The highest BCUT2D eigenvalue weighted by molar-refractivity contribution is 4.87. The van der Waals surface area contributed by atoms with Gasteiger partial charge in [0.05, 0.1) is 6.54 Å². The summed E-state index contributed by atoms with van der Waals surface area (Å²) < 4.78 is 2.05. The molecule has 3 heterocycles. The summed E-state index contributed by atoms with van der Waals surface area (Å²) in [6.07, 6.45) is 9.45. The largest absolute Gasteiger partial charge is 0.317 e. The SMILES string of the molecule is c1cnn(CCN2CCCC2C2CCNCC2)c1. The molecule has 4 nitrogen and oxygen atoms in total. The average molecular weight is 248 g/mol. The van der Waals surface area contributed by atoms with E-state index in [1.165, 1.54) is 45.3 Å². The van der Waals surface area contributed by atoms with Crippen LogP contribution < -0.4 is 5.32 Å². The van der Waals surface area contributed by atoms with Crippen molar-refractivity contribution in [3.63, 3.8) is 0 Å². The van der Waals surface area contributed by atoms with Crippen LogP contribution in [0.1, 0.15) is 25.7 Å². The van der Waals surface area contributed by atoms with Crippen molar-refractivity contribution in [1.82, 2.24) is 20.0 Å². The van der Waals surface area contributed by atoms with Gasteiger partial charge in [-0.05, 0) is 57.3 Å². The summed E-state index contributed by atoms with van der Waals surface area (Å²) in [5.41, 5.74) is 0. The van der Waals surface area contributed by atoms with Gasteiger partial charge in [-0.1, -0.05) is 0 Å². The fourth-order valence-electron chi connectivity index (χ4n) is 3.56. The molecule has 4 heteroatoms. The molecule has 18 heavy (non-hydrogen) atoms. The molecule has 0 spiro atoms. The molecule has 100 valence electrons. The number of aromatic nitrogens is 2. The number of nitrogens with one attached hydrogen (secondary N) is 1. The summed E-state index contributed by atoms with van der Waals surface area (Å²) in [4.78, 5) is 2.71. The van der Waals surface area contributed by atoms with Gasteiger partial charge in [0.1, 0.15) is 0 Å².